The van der Waals surface area contributed by atoms with E-state index in [-0.39, 0.29) is 4.90 Å². The van der Waals surface area contributed by atoms with Crippen molar-refractivity contribution in [3.05, 3.63) is 11.9 Å². The van der Waals surface area contributed by atoms with Gasteiger partial charge in [0.05, 0.1) is 11.9 Å². The first-order valence-electron chi connectivity index (χ1n) is 6.05. The molecule has 7 heteroatoms. The first-order valence-corrected chi connectivity index (χ1v) is 7.53. The van der Waals surface area contributed by atoms with Gasteiger partial charge in [0, 0.05) is 13.1 Å². The maximum absolute atomic E-state index is 12.0. The summed E-state index contributed by atoms with van der Waals surface area (Å²) in [6, 6.07) is 0. The topological polar surface area (TPSA) is 67.2 Å². The summed E-state index contributed by atoms with van der Waals surface area (Å²) in [7, 11) is 0.494. The van der Waals surface area contributed by atoms with E-state index in [1.807, 2.05) is 25.9 Å². The lowest BCUT2D eigenvalue weighted by atomic mass is 10.4. The van der Waals surface area contributed by atoms with Gasteiger partial charge in [0.25, 0.3) is 0 Å². The predicted molar refractivity (Wildman–Crippen MR) is 71.0 cm³/mol. The van der Waals surface area contributed by atoms with Crippen LogP contribution in [-0.4, -0.2) is 50.3 Å². The van der Waals surface area contributed by atoms with Gasteiger partial charge >= 0.3 is 0 Å². The van der Waals surface area contributed by atoms with Crippen LogP contribution in [0.25, 0.3) is 0 Å². The number of aromatic nitrogens is 2. The molecule has 1 aromatic heterocycles. The fourth-order valence-corrected chi connectivity index (χ4v) is 2.94. The minimum absolute atomic E-state index is 0.272. The maximum Gasteiger partial charge on any atom is 0.243 e. The van der Waals surface area contributed by atoms with Crippen molar-refractivity contribution in [3.8, 4) is 0 Å². The first-order chi connectivity index (χ1) is 8.38. The van der Waals surface area contributed by atoms with Gasteiger partial charge in [-0.25, -0.2) is 13.1 Å². The first kappa shape index (κ1) is 15.1. The lowest BCUT2D eigenvalue weighted by Gasteiger charge is -2.10. The van der Waals surface area contributed by atoms with Crippen LogP contribution in [0.3, 0.4) is 0 Å². The van der Waals surface area contributed by atoms with Gasteiger partial charge in [0.1, 0.15) is 4.90 Å². The molecule has 0 radical (unpaired) electrons. The van der Waals surface area contributed by atoms with E-state index < -0.39 is 10.0 Å². The third-order valence-electron chi connectivity index (χ3n) is 2.72. The highest BCUT2D eigenvalue weighted by atomic mass is 32.2. The van der Waals surface area contributed by atoms with Crippen molar-refractivity contribution < 1.29 is 8.42 Å². The van der Waals surface area contributed by atoms with E-state index in [4.69, 9.17) is 0 Å². The van der Waals surface area contributed by atoms with Crippen LogP contribution in [-0.2, 0) is 16.6 Å². The van der Waals surface area contributed by atoms with Crippen LogP contribution < -0.4 is 4.72 Å². The van der Waals surface area contributed by atoms with Gasteiger partial charge < -0.3 is 4.90 Å². The Hall–Kier alpha value is -0.920. The molecule has 0 aliphatic rings. The molecule has 1 aromatic rings. The zero-order valence-electron chi connectivity index (χ0n) is 11.5. The number of nitrogens with zero attached hydrogens (tertiary/aromatic N) is 3. The minimum atomic E-state index is -3.43. The second kappa shape index (κ2) is 6.31. The molecular formula is C11H22N4O2S. The second-order valence-corrected chi connectivity index (χ2v) is 6.20. The Morgan fingerprint density at radius 3 is 2.61 bits per heavy atom. The third kappa shape index (κ3) is 3.79. The molecule has 0 aliphatic heterocycles. The molecule has 0 saturated carbocycles. The monoisotopic (exact) mass is 274 g/mol. The molecule has 0 saturated heterocycles. The number of rotatable bonds is 7. The number of sulfonamides is 1. The van der Waals surface area contributed by atoms with Crippen LogP contribution in [0.15, 0.2) is 11.1 Å². The minimum Gasteiger partial charge on any atom is -0.309 e. The molecule has 18 heavy (non-hydrogen) atoms. The Morgan fingerprint density at radius 1 is 1.44 bits per heavy atom. The summed E-state index contributed by atoms with van der Waals surface area (Å²) in [4.78, 5) is 2.29. The summed E-state index contributed by atoms with van der Waals surface area (Å²) in [6.07, 6.45) is 2.19. The van der Waals surface area contributed by atoms with Gasteiger partial charge in [0.2, 0.25) is 10.0 Å². The molecule has 0 unspecified atom stereocenters. The summed E-state index contributed by atoms with van der Waals surface area (Å²) < 4.78 is 28.4. The van der Waals surface area contributed by atoms with E-state index in [2.05, 4.69) is 9.82 Å². The van der Waals surface area contributed by atoms with Gasteiger partial charge in [-0.15, -0.1) is 0 Å². The average Bonchev–Trinajstić information content (AvgIpc) is 2.66. The Balaban J connectivity index is 2.66. The molecule has 1 rings (SSSR count). The van der Waals surface area contributed by atoms with Crippen LogP contribution in [0.5, 0.6) is 0 Å². The van der Waals surface area contributed by atoms with Crippen molar-refractivity contribution in [2.75, 3.05) is 27.2 Å². The van der Waals surface area contributed by atoms with Crippen LogP contribution in [0.1, 0.15) is 19.0 Å². The van der Waals surface area contributed by atoms with Crippen molar-refractivity contribution in [2.45, 2.75) is 31.7 Å². The van der Waals surface area contributed by atoms with E-state index in [9.17, 15) is 8.42 Å². The Kier molecular flexibility index (Phi) is 5.30. The quantitative estimate of drug-likeness (QED) is 0.733. The number of hydrogen-bond donors (Lipinski definition) is 1. The summed E-state index contributed by atoms with van der Waals surface area (Å²) in [6.45, 7) is 5.67. The molecule has 6 nitrogen and oxygen atoms in total. The van der Waals surface area contributed by atoms with Crippen molar-refractivity contribution >= 4 is 10.0 Å². The predicted octanol–water partition coefficient (Wildman–Crippen LogP) is 0.441. The molecule has 0 aliphatic carbocycles. The highest BCUT2D eigenvalue weighted by molar-refractivity contribution is 7.89. The van der Waals surface area contributed by atoms with E-state index in [1.54, 1.807) is 11.6 Å². The van der Waals surface area contributed by atoms with Crippen LogP contribution >= 0.6 is 0 Å². The summed E-state index contributed by atoms with van der Waals surface area (Å²) in [5, 5.41) is 4.05. The van der Waals surface area contributed by atoms with E-state index >= 15 is 0 Å². The molecule has 0 aromatic carbocycles. The highest BCUT2D eigenvalue weighted by Crippen LogP contribution is 2.13. The standard InChI is InChI=1S/C11H22N4O2S/c1-5-15-10(2)11(9-12-15)18(16,17)13-7-6-8-14(3)4/h9,13H,5-8H2,1-4H3. The Labute approximate surface area is 109 Å². The van der Waals surface area contributed by atoms with Crippen molar-refractivity contribution in [3.63, 3.8) is 0 Å². The summed E-state index contributed by atoms with van der Waals surface area (Å²) >= 11 is 0. The zero-order chi connectivity index (χ0) is 13.8. The SMILES string of the molecule is CCn1ncc(S(=O)(=O)NCCCN(C)C)c1C. The van der Waals surface area contributed by atoms with E-state index in [0.29, 0.717) is 18.8 Å². The molecule has 1 heterocycles. The lowest BCUT2D eigenvalue weighted by Crippen LogP contribution is -2.27. The third-order valence-corrected chi connectivity index (χ3v) is 4.29. The van der Waals surface area contributed by atoms with Gasteiger partial charge in [0.15, 0.2) is 0 Å². The lowest BCUT2D eigenvalue weighted by molar-refractivity contribution is 0.400. The summed E-state index contributed by atoms with van der Waals surface area (Å²) in [5.74, 6) is 0. The fourth-order valence-electron chi connectivity index (χ4n) is 1.69. The molecule has 0 spiro atoms. The average molecular weight is 274 g/mol. The zero-order valence-corrected chi connectivity index (χ0v) is 12.3. The van der Waals surface area contributed by atoms with Gasteiger partial charge in [-0.05, 0) is 40.9 Å². The summed E-state index contributed by atoms with van der Waals surface area (Å²) in [5.41, 5.74) is 0.678. The van der Waals surface area contributed by atoms with E-state index in [0.717, 1.165) is 13.0 Å². The van der Waals surface area contributed by atoms with Crippen LogP contribution in [0.4, 0.5) is 0 Å². The van der Waals surface area contributed by atoms with Crippen molar-refractivity contribution in [2.24, 2.45) is 0 Å². The molecule has 0 bridgehead atoms. The molecule has 0 amide bonds. The van der Waals surface area contributed by atoms with Crippen LogP contribution in [0.2, 0.25) is 0 Å². The molecule has 1 N–H and O–H groups in total. The molecule has 104 valence electrons. The molecular weight excluding hydrogens is 252 g/mol. The molecule has 0 fully saturated rings. The normalized spacial score (nSPS) is 12.3. The van der Waals surface area contributed by atoms with Gasteiger partial charge in [-0.3, -0.25) is 4.68 Å². The number of nitrogens with one attached hydrogen (secondary N) is 1. The van der Waals surface area contributed by atoms with Crippen molar-refractivity contribution in [1.29, 1.82) is 0 Å². The maximum atomic E-state index is 12.0. The number of hydrogen-bond acceptors (Lipinski definition) is 4. The fraction of sp³-hybridized carbons (Fsp3) is 0.727. The Morgan fingerprint density at radius 2 is 2.11 bits per heavy atom. The largest absolute Gasteiger partial charge is 0.309 e. The highest BCUT2D eigenvalue weighted by Gasteiger charge is 2.19. The van der Waals surface area contributed by atoms with Crippen LogP contribution in [0, 0.1) is 6.92 Å². The number of aryl methyl sites for hydroxylation is 1. The molecule has 0 atom stereocenters. The van der Waals surface area contributed by atoms with Gasteiger partial charge in [-0.2, -0.15) is 5.10 Å². The van der Waals surface area contributed by atoms with Gasteiger partial charge in [-0.1, -0.05) is 0 Å². The Bertz CT molecular complexity index is 479. The van der Waals surface area contributed by atoms with E-state index in [1.165, 1.54) is 6.20 Å². The second-order valence-electron chi connectivity index (χ2n) is 4.46. The smallest absolute Gasteiger partial charge is 0.243 e. The van der Waals surface area contributed by atoms with Crippen molar-refractivity contribution in [1.82, 2.24) is 19.4 Å².